The first kappa shape index (κ1) is 17.1. The van der Waals surface area contributed by atoms with Crippen LogP contribution in [0.4, 0.5) is 18.9 Å². The first-order valence-corrected chi connectivity index (χ1v) is 6.13. The third kappa shape index (κ3) is 4.25. The van der Waals surface area contributed by atoms with Crippen molar-refractivity contribution in [2.45, 2.75) is 13.1 Å². The summed E-state index contributed by atoms with van der Waals surface area (Å²) in [4.78, 5) is 3.04. The molecule has 0 spiro atoms. The van der Waals surface area contributed by atoms with Gasteiger partial charge < -0.3 is 4.85 Å². The van der Waals surface area contributed by atoms with Gasteiger partial charge in [-0.2, -0.15) is 18.4 Å². The van der Waals surface area contributed by atoms with E-state index in [4.69, 9.17) is 35.0 Å². The lowest BCUT2D eigenvalue weighted by molar-refractivity contribution is -0.137. The number of anilines is 1. The molecule has 1 N–H and O–H groups in total. The number of hydrazone groups is 1. The summed E-state index contributed by atoms with van der Waals surface area (Å²) in [7, 11) is 0. The average molecular weight is 335 g/mol. The Morgan fingerprint density at radius 2 is 1.95 bits per heavy atom. The van der Waals surface area contributed by atoms with Crippen LogP contribution in [0.2, 0.25) is 10.0 Å². The molecule has 0 aliphatic rings. The second-order valence-corrected chi connectivity index (χ2v) is 4.67. The molecule has 0 amide bonds. The summed E-state index contributed by atoms with van der Waals surface area (Å²) in [5.74, 6) is -0.938. The van der Waals surface area contributed by atoms with Crippen molar-refractivity contribution >= 4 is 34.7 Å². The molecule has 1 aromatic rings. The number of benzene rings is 1. The summed E-state index contributed by atoms with van der Waals surface area (Å²) in [5.41, 5.74) is 1.25. The minimum absolute atomic E-state index is 0.0716. The molecule has 0 aromatic heterocycles. The highest BCUT2D eigenvalue weighted by molar-refractivity contribution is 6.39. The highest BCUT2D eigenvalue weighted by Crippen LogP contribution is 2.38. The van der Waals surface area contributed by atoms with Gasteiger partial charge in [0.15, 0.2) is 0 Å². The number of hydrogen-bond acceptors (Lipinski definition) is 3. The van der Waals surface area contributed by atoms with Crippen molar-refractivity contribution in [2.24, 2.45) is 11.0 Å². The molecule has 0 radical (unpaired) electrons. The van der Waals surface area contributed by atoms with Crippen LogP contribution in [0.15, 0.2) is 17.2 Å². The highest BCUT2D eigenvalue weighted by atomic mass is 35.5. The molecule has 0 aliphatic carbocycles. The standard InChI is InChI=1S/C12H7Cl2F3N4/c1-6(5-18)11(19-2)21-20-10-8(13)3-7(4-9(10)14)12(15,16)17/h3-4,6,20H,1H3/b21-11+. The maximum atomic E-state index is 12.6. The van der Waals surface area contributed by atoms with E-state index < -0.39 is 17.7 Å². The minimum Gasteiger partial charge on any atom is -0.361 e. The van der Waals surface area contributed by atoms with Crippen molar-refractivity contribution < 1.29 is 13.2 Å². The van der Waals surface area contributed by atoms with E-state index in [-0.39, 0.29) is 21.6 Å². The van der Waals surface area contributed by atoms with E-state index in [2.05, 4.69) is 15.4 Å². The van der Waals surface area contributed by atoms with Crippen LogP contribution in [0.25, 0.3) is 4.85 Å². The molecule has 1 unspecified atom stereocenters. The van der Waals surface area contributed by atoms with Crippen LogP contribution < -0.4 is 5.43 Å². The lowest BCUT2D eigenvalue weighted by Gasteiger charge is -2.10. The fourth-order valence-electron chi connectivity index (χ4n) is 1.23. The van der Waals surface area contributed by atoms with Crippen LogP contribution in [-0.4, -0.2) is 5.84 Å². The number of amidine groups is 1. The van der Waals surface area contributed by atoms with Crippen molar-refractivity contribution in [1.29, 1.82) is 5.26 Å². The highest BCUT2D eigenvalue weighted by Gasteiger charge is 2.32. The zero-order valence-corrected chi connectivity index (χ0v) is 12.0. The summed E-state index contributed by atoms with van der Waals surface area (Å²) in [5, 5.41) is 11.7. The maximum absolute atomic E-state index is 12.6. The molecule has 1 atom stereocenters. The SMILES string of the molecule is [C-]#[N+]/C(=N/Nc1c(Cl)cc(C(F)(F)F)cc1Cl)C(C)C#N. The maximum Gasteiger partial charge on any atom is 0.416 e. The van der Waals surface area contributed by atoms with Crippen LogP contribution in [0.5, 0.6) is 0 Å². The summed E-state index contributed by atoms with van der Waals surface area (Å²) < 4.78 is 37.7. The molecule has 1 aromatic carbocycles. The van der Waals surface area contributed by atoms with Gasteiger partial charge in [-0.1, -0.05) is 36.7 Å². The van der Waals surface area contributed by atoms with Crippen molar-refractivity contribution in [3.63, 3.8) is 0 Å². The zero-order valence-electron chi connectivity index (χ0n) is 10.5. The van der Waals surface area contributed by atoms with Gasteiger partial charge in [0.05, 0.1) is 27.6 Å². The molecule has 0 fully saturated rings. The Labute approximate surface area is 128 Å². The first-order chi connectivity index (χ1) is 9.70. The van der Waals surface area contributed by atoms with Gasteiger partial charge in [-0.15, -0.1) is 0 Å². The second-order valence-electron chi connectivity index (χ2n) is 3.86. The second kappa shape index (κ2) is 6.66. The van der Waals surface area contributed by atoms with E-state index in [0.29, 0.717) is 12.1 Å². The zero-order chi connectivity index (χ0) is 16.2. The Hall–Kier alpha value is -1.96. The third-order valence-electron chi connectivity index (χ3n) is 2.35. The molecule has 0 saturated carbocycles. The molecule has 1 rings (SSSR count). The van der Waals surface area contributed by atoms with Gasteiger partial charge >= 0.3 is 6.18 Å². The van der Waals surface area contributed by atoms with Gasteiger partial charge in [0, 0.05) is 0 Å². The Balaban J connectivity index is 3.15. The number of hydrogen-bond donors (Lipinski definition) is 1. The number of halogens is 5. The number of nitriles is 1. The van der Waals surface area contributed by atoms with Gasteiger partial charge in [0.25, 0.3) is 5.84 Å². The first-order valence-electron chi connectivity index (χ1n) is 5.37. The van der Waals surface area contributed by atoms with Gasteiger partial charge in [0.1, 0.15) is 5.69 Å². The molecule has 110 valence electrons. The normalized spacial score (nSPS) is 13.2. The quantitative estimate of drug-likeness (QED) is 0.373. The van der Waals surface area contributed by atoms with E-state index in [0.717, 1.165) is 0 Å². The van der Waals surface area contributed by atoms with Gasteiger partial charge in [-0.05, 0) is 17.2 Å². The van der Waals surface area contributed by atoms with E-state index >= 15 is 0 Å². The Kier molecular flexibility index (Phi) is 5.42. The van der Waals surface area contributed by atoms with E-state index in [1.54, 1.807) is 0 Å². The molecule has 0 heterocycles. The number of nitrogens with one attached hydrogen (secondary N) is 1. The minimum atomic E-state index is -4.58. The van der Waals surface area contributed by atoms with E-state index in [1.165, 1.54) is 6.92 Å². The van der Waals surface area contributed by atoms with E-state index in [1.807, 2.05) is 6.07 Å². The molecule has 0 bridgehead atoms. The molecule has 21 heavy (non-hydrogen) atoms. The molecule has 0 aliphatic heterocycles. The third-order valence-corrected chi connectivity index (χ3v) is 2.94. The lowest BCUT2D eigenvalue weighted by atomic mass is 10.2. The van der Waals surface area contributed by atoms with E-state index in [9.17, 15) is 13.2 Å². The molecule has 4 nitrogen and oxygen atoms in total. The fraction of sp³-hybridized carbons (Fsp3) is 0.250. The molecule has 0 saturated heterocycles. The smallest absolute Gasteiger partial charge is 0.361 e. The number of nitrogens with zero attached hydrogens (tertiary/aromatic N) is 3. The lowest BCUT2D eigenvalue weighted by Crippen LogP contribution is -2.08. The van der Waals surface area contributed by atoms with Crippen LogP contribution in [0.1, 0.15) is 12.5 Å². The van der Waals surface area contributed by atoms with Crippen LogP contribution in [-0.2, 0) is 6.18 Å². The predicted molar refractivity (Wildman–Crippen MR) is 73.9 cm³/mol. The topological polar surface area (TPSA) is 52.5 Å². The van der Waals surface area contributed by atoms with Crippen molar-refractivity contribution in [1.82, 2.24) is 0 Å². The predicted octanol–water partition coefficient (Wildman–Crippen LogP) is 4.82. The van der Waals surface area contributed by atoms with Gasteiger partial charge in [-0.3, -0.25) is 0 Å². The summed E-state index contributed by atoms with van der Waals surface area (Å²) in [6.07, 6.45) is -4.58. The Morgan fingerprint density at radius 1 is 1.43 bits per heavy atom. The molecule has 9 heteroatoms. The summed E-state index contributed by atoms with van der Waals surface area (Å²) in [6.45, 7) is 8.32. The van der Waals surface area contributed by atoms with Crippen LogP contribution in [0.3, 0.4) is 0 Å². The monoisotopic (exact) mass is 334 g/mol. The average Bonchev–Trinajstić information content (AvgIpc) is 2.40. The van der Waals surface area contributed by atoms with Crippen LogP contribution in [0, 0.1) is 23.8 Å². The Bertz CT molecular complexity index is 633. The summed E-state index contributed by atoms with van der Waals surface area (Å²) >= 11 is 11.4. The Morgan fingerprint density at radius 3 is 2.33 bits per heavy atom. The largest absolute Gasteiger partial charge is 0.416 e. The van der Waals surface area contributed by atoms with Gasteiger partial charge in [-0.25, -0.2) is 5.43 Å². The van der Waals surface area contributed by atoms with Crippen molar-refractivity contribution in [3.8, 4) is 6.07 Å². The van der Waals surface area contributed by atoms with Crippen molar-refractivity contribution in [3.05, 3.63) is 39.2 Å². The fourth-order valence-corrected chi connectivity index (χ4v) is 1.80. The van der Waals surface area contributed by atoms with Crippen molar-refractivity contribution in [2.75, 3.05) is 5.43 Å². The van der Waals surface area contributed by atoms with Gasteiger partial charge in [0.2, 0.25) is 0 Å². The summed E-state index contributed by atoms with van der Waals surface area (Å²) in [6, 6.07) is 3.19. The number of alkyl halides is 3. The molecular weight excluding hydrogens is 328 g/mol. The number of rotatable bonds is 3. The van der Waals surface area contributed by atoms with Crippen LogP contribution >= 0.6 is 23.2 Å². The molecular formula is C12H7Cl2F3N4.